The van der Waals surface area contributed by atoms with Gasteiger partial charge in [0.25, 0.3) is 0 Å². The molecule has 6 heteroatoms. The topological polar surface area (TPSA) is 42.0 Å². The van der Waals surface area contributed by atoms with E-state index in [4.69, 9.17) is 21.1 Å². The summed E-state index contributed by atoms with van der Waals surface area (Å²) in [6, 6.07) is 23.7. The lowest BCUT2D eigenvalue weighted by Crippen LogP contribution is -2.36. The fraction of sp³-hybridized carbons (Fsp3) is 0.269. The van der Waals surface area contributed by atoms with Crippen molar-refractivity contribution in [2.75, 3.05) is 42.0 Å². The van der Waals surface area contributed by atoms with Gasteiger partial charge in [-0.1, -0.05) is 30.3 Å². The molecule has 0 aromatic heterocycles. The van der Waals surface area contributed by atoms with Gasteiger partial charge in [0.2, 0.25) is 5.91 Å². The smallest absolute Gasteiger partial charge is 0.242 e. The summed E-state index contributed by atoms with van der Waals surface area (Å²) in [5.74, 6) is 1.31. The minimum absolute atomic E-state index is 0.0789. The molecule has 1 heterocycles. The highest BCUT2D eigenvalue weighted by atomic mass is 35.5. The van der Waals surface area contributed by atoms with E-state index in [0.717, 1.165) is 60.3 Å². The maximum Gasteiger partial charge on any atom is 0.242 e. The summed E-state index contributed by atoms with van der Waals surface area (Å²) in [5, 5.41) is 0. The fourth-order valence-corrected chi connectivity index (χ4v) is 3.93. The molecule has 1 aliphatic heterocycles. The van der Waals surface area contributed by atoms with E-state index in [9.17, 15) is 4.79 Å². The third kappa shape index (κ3) is 5.42. The Morgan fingerprint density at radius 2 is 1.81 bits per heavy atom. The zero-order valence-corrected chi connectivity index (χ0v) is 18.9. The highest BCUT2D eigenvalue weighted by Gasteiger charge is 2.18. The molecule has 1 aliphatic rings. The summed E-state index contributed by atoms with van der Waals surface area (Å²) in [6.07, 6.45) is 0. The van der Waals surface area contributed by atoms with Crippen LogP contribution in [0.25, 0.3) is 0 Å². The average molecular weight is 451 g/mol. The van der Waals surface area contributed by atoms with Gasteiger partial charge in [0.15, 0.2) is 0 Å². The number of anilines is 2. The van der Waals surface area contributed by atoms with Crippen LogP contribution in [0, 0.1) is 6.92 Å². The second-order valence-electron chi connectivity index (χ2n) is 7.75. The highest BCUT2D eigenvalue weighted by Crippen LogP contribution is 2.30. The average Bonchev–Trinajstić information content (AvgIpc) is 2.85. The van der Waals surface area contributed by atoms with Crippen LogP contribution < -0.4 is 14.5 Å². The fourth-order valence-electron chi connectivity index (χ4n) is 3.78. The monoisotopic (exact) mass is 450 g/mol. The number of morpholine rings is 1. The molecule has 0 unspecified atom stereocenters. The van der Waals surface area contributed by atoms with Crippen LogP contribution in [0.15, 0.2) is 72.8 Å². The summed E-state index contributed by atoms with van der Waals surface area (Å²) in [5.41, 5.74) is 3.94. The molecule has 5 nitrogen and oxygen atoms in total. The molecule has 166 valence electrons. The van der Waals surface area contributed by atoms with Gasteiger partial charge in [0, 0.05) is 24.5 Å². The first kappa shape index (κ1) is 22.2. The molecule has 0 bridgehead atoms. The first-order chi connectivity index (χ1) is 15.6. The number of ether oxygens (including phenoxy) is 2. The van der Waals surface area contributed by atoms with Gasteiger partial charge in [-0.3, -0.25) is 4.79 Å². The SMILES string of the molecule is Cc1cc(N(Cc2cccc(N3CCOCC3)c2)C(=O)CCl)ccc1Oc1ccccc1. The molecule has 0 saturated carbocycles. The number of aryl methyl sites for hydroxylation is 1. The van der Waals surface area contributed by atoms with Crippen molar-refractivity contribution >= 4 is 28.9 Å². The Morgan fingerprint density at radius 3 is 2.53 bits per heavy atom. The largest absolute Gasteiger partial charge is 0.457 e. The quantitative estimate of drug-likeness (QED) is 0.452. The van der Waals surface area contributed by atoms with E-state index in [0.29, 0.717) is 6.54 Å². The third-order valence-corrected chi connectivity index (χ3v) is 5.71. The zero-order chi connectivity index (χ0) is 22.3. The number of carbonyl (C=O) groups excluding carboxylic acids is 1. The van der Waals surface area contributed by atoms with Gasteiger partial charge in [0.1, 0.15) is 17.4 Å². The Hall–Kier alpha value is -3.02. The molecule has 0 aliphatic carbocycles. The van der Waals surface area contributed by atoms with Gasteiger partial charge in [-0.15, -0.1) is 11.6 Å². The van der Waals surface area contributed by atoms with Crippen molar-refractivity contribution < 1.29 is 14.3 Å². The summed E-state index contributed by atoms with van der Waals surface area (Å²) in [7, 11) is 0. The predicted octanol–water partition coefficient (Wildman–Crippen LogP) is 5.40. The lowest BCUT2D eigenvalue weighted by atomic mass is 10.1. The van der Waals surface area contributed by atoms with E-state index < -0.39 is 0 Å². The van der Waals surface area contributed by atoms with Crippen LogP contribution in [-0.2, 0) is 16.1 Å². The number of hydrogen-bond acceptors (Lipinski definition) is 4. The summed E-state index contributed by atoms with van der Waals surface area (Å²) >= 11 is 5.96. The predicted molar refractivity (Wildman–Crippen MR) is 129 cm³/mol. The lowest BCUT2D eigenvalue weighted by molar-refractivity contribution is -0.116. The normalized spacial score (nSPS) is 13.6. The molecule has 0 N–H and O–H groups in total. The summed E-state index contributed by atoms with van der Waals surface area (Å²) in [4.78, 5) is 16.8. The van der Waals surface area contributed by atoms with Crippen LogP contribution in [0.5, 0.6) is 11.5 Å². The van der Waals surface area contributed by atoms with Crippen molar-refractivity contribution in [2.24, 2.45) is 0 Å². The van der Waals surface area contributed by atoms with Gasteiger partial charge in [-0.2, -0.15) is 0 Å². The van der Waals surface area contributed by atoms with E-state index in [1.165, 1.54) is 0 Å². The molecular weight excluding hydrogens is 424 g/mol. The minimum atomic E-state index is -0.139. The molecule has 32 heavy (non-hydrogen) atoms. The maximum atomic E-state index is 12.7. The van der Waals surface area contributed by atoms with Gasteiger partial charge in [-0.25, -0.2) is 0 Å². The molecule has 3 aromatic carbocycles. The molecule has 4 rings (SSSR count). The van der Waals surface area contributed by atoms with Crippen LogP contribution in [0.4, 0.5) is 11.4 Å². The highest BCUT2D eigenvalue weighted by molar-refractivity contribution is 6.29. The number of hydrogen-bond donors (Lipinski definition) is 0. The first-order valence-corrected chi connectivity index (χ1v) is 11.3. The van der Waals surface area contributed by atoms with Gasteiger partial charge >= 0.3 is 0 Å². The zero-order valence-electron chi connectivity index (χ0n) is 18.2. The van der Waals surface area contributed by atoms with Crippen molar-refractivity contribution in [1.82, 2.24) is 0 Å². The van der Waals surface area contributed by atoms with Gasteiger partial charge < -0.3 is 19.3 Å². The summed E-state index contributed by atoms with van der Waals surface area (Å²) in [6.45, 7) is 5.63. The third-order valence-electron chi connectivity index (χ3n) is 5.48. The van der Waals surface area contributed by atoms with Crippen LogP contribution >= 0.6 is 11.6 Å². The molecule has 1 fully saturated rings. The Morgan fingerprint density at radius 1 is 1.03 bits per heavy atom. The maximum absolute atomic E-state index is 12.7. The van der Waals surface area contributed by atoms with E-state index in [2.05, 4.69) is 17.0 Å². The lowest BCUT2D eigenvalue weighted by Gasteiger charge is -2.29. The Labute approximate surface area is 194 Å². The molecule has 3 aromatic rings. The Bertz CT molecular complexity index is 1050. The molecular formula is C26H27ClN2O3. The van der Waals surface area contributed by atoms with Gasteiger partial charge in [0.05, 0.1) is 19.8 Å². The molecule has 1 amide bonds. The van der Waals surface area contributed by atoms with Crippen molar-refractivity contribution in [1.29, 1.82) is 0 Å². The molecule has 1 saturated heterocycles. The second-order valence-corrected chi connectivity index (χ2v) is 8.02. The number of halogens is 1. The molecule has 0 radical (unpaired) electrons. The minimum Gasteiger partial charge on any atom is -0.457 e. The number of carbonyl (C=O) groups is 1. The van der Waals surface area contributed by atoms with Crippen LogP contribution in [-0.4, -0.2) is 38.1 Å². The molecule has 0 atom stereocenters. The van der Waals surface area contributed by atoms with Crippen LogP contribution in [0.3, 0.4) is 0 Å². The summed E-state index contributed by atoms with van der Waals surface area (Å²) < 4.78 is 11.4. The van der Waals surface area contributed by atoms with Crippen LogP contribution in [0.1, 0.15) is 11.1 Å². The number of para-hydroxylation sites is 1. The van der Waals surface area contributed by atoms with E-state index in [1.54, 1.807) is 4.90 Å². The number of rotatable bonds is 7. The van der Waals surface area contributed by atoms with E-state index in [1.807, 2.05) is 67.6 Å². The standard InChI is InChI=1S/C26H27ClN2O3/c1-20-16-23(10-11-25(20)32-24-8-3-2-4-9-24)29(26(30)18-27)19-21-6-5-7-22(17-21)28-12-14-31-15-13-28/h2-11,16-17H,12-15,18-19H2,1H3. The first-order valence-electron chi connectivity index (χ1n) is 10.8. The Kier molecular flexibility index (Phi) is 7.30. The van der Waals surface area contributed by atoms with Crippen molar-refractivity contribution in [3.05, 3.63) is 83.9 Å². The van der Waals surface area contributed by atoms with Crippen molar-refractivity contribution in [3.8, 4) is 11.5 Å². The second kappa shape index (κ2) is 10.5. The van der Waals surface area contributed by atoms with Crippen molar-refractivity contribution in [2.45, 2.75) is 13.5 Å². The van der Waals surface area contributed by atoms with Crippen LogP contribution in [0.2, 0.25) is 0 Å². The Balaban J connectivity index is 1.55. The number of nitrogens with zero attached hydrogens (tertiary/aromatic N) is 2. The number of amides is 1. The number of benzene rings is 3. The van der Waals surface area contributed by atoms with E-state index >= 15 is 0 Å². The van der Waals surface area contributed by atoms with Crippen molar-refractivity contribution in [3.63, 3.8) is 0 Å². The van der Waals surface area contributed by atoms with E-state index in [-0.39, 0.29) is 11.8 Å². The number of alkyl halides is 1. The van der Waals surface area contributed by atoms with Gasteiger partial charge in [-0.05, 0) is 60.5 Å². The molecule has 0 spiro atoms.